The molecule has 0 bridgehead atoms. The number of hydrogen-bond donors (Lipinski definition) is 1. The first-order valence-electron chi connectivity index (χ1n) is 7.79. The van der Waals surface area contributed by atoms with Gasteiger partial charge in [0.15, 0.2) is 5.16 Å². The second-order valence-corrected chi connectivity index (χ2v) is 6.40. The fraction of sp³-hybridized carbons (Fsp3) is 0.353. The van der Waals surface area contributed by atoms with Gasteiger partial charge in [0.1, 0.15) is 17.4 Å². The Bertz CT molecular complexity index is 872. The molecule has 1 fully saturated rings. The molecule has 2 heterocycles. The van der Waals surface area contributed by atoms with Gasteiger partial charge in [-0.05, 0) is 12.3 Å². The van der Waals surface area contributed by atoms with Gasteiger partial charge in [0.2, 0.25) is 0 Å². The van der Waals surface area contributed by atoms with Crippen molar-refractivity contribution in [3.63, 3.8) is 0 Å². The molecule has 0 saturated carbocycles. The molecule has 0 unspecified atom stereocenters. The summed E-state index contributed by atoms with van der Waals surface area (Å²) in [5.74, 6) is -0.374. The number of benzene rings is 1. The Balaban J connectivity index is 1.94. The summed E-state index contributed by atoms with van der Waals surface area (Å²) in [7, 11) is 0. The number of morpholine rings is 1. The van der Waals surface area contributed by atoms with E-state index in [0.717, 1.165) is 13.1 Å². The van der Waals surface area contributed by atoms with Crippen LogP contribution < -0.4 is 5.56 Å². The molecule has 130 valence electrons. The minimum absolute atomic E-state index is 0.113. The molecule has 0 radical (unpaired) electrons. The highest BCUT2D eigenvalue weighted by Gasteiger charge is 2.17. The van der Waals surface area contributed by atoms with Crippen molar-refractivity contribution >= 4 is 11.8 Å². The quantitative estimate of drug-likeness (QED) is 0.663. The summed E-state index contributed by atoms with van der Waals surface area (Å²) in [4.78, 5) is 20.9. The lowest BCUT2D eigenvalue weighted by Gasteiger charge is -2.26. The van der Waals surface area contributed by atoms with Crippen LogP contribution in [0.5, 0.6) is 0 Å². The van der Waals surface area contributed by atoms with E-state index in [-0.39, 0.29) is 17.1 Å². The highest BCUT2D eigenvalue weighted by molar-refractivity contribution is 7.98. The molecule has 1 aliphatic rings. The highest BCUT2D eigenvalue weighted by atomic mass is 32.2. The van der Waals surface area contributed by atoms with Gasteiger partial charge in [-0.1, -0.05) is 23.9 Å². The number of halogens is 1. The third kappa shape index (κ3) is 3.90. The van der Waals surface area contributed by atoms with Gasteiger partial charge >= 0.3 is 0 Å². The molecule has 1 aromatic carbocycles. The van der Waals surface area contributed by atoms with Gasteiger partial charge in [-0.2, -0.15) is 5.26 Å². The van der Waals surface area contributed by atoms with E-state index in [1.165, 1.54) is 17.8 Å². The predicted molar refractivity (Wildman–Crippen MR) is 92.8 cm³/mol. The van der Waals surface area contributed by atoms with E-state index in [0.29, 0.717) is 36.0 Å². The number of ether oxygens (including phenoxy) is 1. The molecule has 3 rings (SSSR count). The number of aromatic amines is 1. The number of nitriles is 1. The van der Waals surface area contributed by atoms with E-state index >= 15 is 0 Å². The van der Waals surface area contributed by atoms with Crippen molar-refractivity contribution in [2.24, 2.45) is 0 Å². The lowest BCUT2D eigenvalue weighted by molar-refractivity contribution is 0.0337. The topological polar surface area (TPSA) is 82.0 Å². The average Bonchev–Trinajstić information content (AvgIpc) is 2.63. The standard InChI is InChI=1S/C17H17FN4O2S/c1-25-17-20-15(13(9-19)16(23)21-17)11-2-3-12(14(18)8-11)10-22-4-6-24-7-5-22/h2-3,8H,4-7,10H2,1H3,(H,20,21,23). The van der Waals surface area contributed by atoms with Crippen molar-refractivity contribution in [1.29, 1.82) is 5.26 Å². The van der Waals surface area contributed by atoms with Crippen molar-refractivity contribution in [3.05, 3.63) is 45.5 Å². The van der Waals surface area contributed by atoms with Crippen LogP contribution in [0.4, 0.5) is 4.39 Å². The van der Waals surface area contributed by atoms with Gasteiger partial charge in [-0.3, -0.25) is 9.69 Å². The zero-order valence-corrected chi connectivity index (χ0v) is 14.5. The molecule has 0 atom stereocenters. The summed E-state index contributed by atoms with van der Waals surface area (Å²) in [6.07, 6.45) is 1.76. The number of aromatic nitrogens is 2. The summed E-state index contributed by atoms with van der Waals surface area (Å²) >= 11 is 1.25. The van der Waals surface area contributed by atoms with Crippen LogP contribution in [0, 0.1) is 17.1 Å². The Hall–Kier alpha value is -2.21. The number of hydrogen-bond acceptors (Lipinski definition) is 6. The first-order chi connectivity index (χ1) is 12.1. The van der Waals surface area contributed by atoms with Crippen LogP contribution in [-0.4, -0.2) is 47.4 Å². The highest BCUT2D eigenvalue weighted by Crippen LogP contribution is 2.24. The van der Waals surface area contributed by atoms with Crippen LogP contribution in [0.2, 0.25) is 0 Å². The minimum atomic E-state index is -0.519. The minimum Gasteiger partial charge on any atom is -0.379 e. The van der Waals surface area contributed by atoms with E-state index in [1.807, 2.05) is 6.07 Å². The summed E-state index contributed by atoms with van der Waals surface area (Å²) < 4.78 is 19.8. The van der Waals surface area contributed by atoms with Crippen LogP contribution in [-0.2, 0) is 11.3 Å². The third-order valence-electron chi connectivity index (χ3n) is 4.03. The molecule has 6 nitrogen and oxygen atoms in total. The van der Waals surface area contributed by atoms with Gasteiger partial charge < -0.3 is 9.72 Å². The Morgan fingerprint density at radius 3 is 2.84 bits per heavy atom. The fourth-order valence-corrected chi connectivity index (χ4v) is 3.06. The molecule has 2 aromatic rings. The maximum atomic E-state index is 14.5. The van der Waals surface area contributed by atoms with Gasteiger partial charge in [-0.25, -0.2) is 9.37 Å². The first kappa shape index (κ1) is 17.6. The number of H-pyrrole nitrogens is 1. The van der Waals surface area contributed by atoms with Crippen LogP contribution in [0.25, 0.3) is 11.3 Å². The van der Waals surface area contributed by atoms with Crippen LogP contribution in [0.1, 0.15) is 11.1 Å². The zero-order valence-electron chi connectivity index (χ0n) is 13.7. The van der Waals surface area contributed by atoms with Gasteiger partial charge in [-0.15, -0.1) is 0 Å². The van der Waals surface area contributed by atoms with E-state index in [9.17, 15) is 14.4 Å². The number of thioether (sulfide) groups is 1. The summed E-state index contributed by atoms with van der Waals surface area (Å²) in [5.41, 5.74) is 0.556. The predicted octanol–water partition coefficient (Wildman–Crippen LogP) is 2.00. The molecular weight excluding hydrogens is 343 g/mol. The Morgan fingerprint density at radius 1 is 1.44 bits per heavy atom. The summed E-state index contributed by atoms with van der Waals surface area (Å²) in [5, 5.41) is 9.62. The molecule has 8 heteroatoms. The summed E-state index contributed by atoms with van der Waals surface area (Å²) in [6, 6.07) is 6.57. The molecule has 1 aliphatic heterocycles. The lowest BCUT2D eigenvalue weighted by atomic mass is 10.0. The third-order valence-corrected chi connectivity index (χ3v) is 4.61. The number of nitrogens with zero attached hydrogens (tertiary/aromatic N) is 3. The largest absolute Gasteiger partial charge is 0.379 e. The average molecular weight is 360 g/mol. The summed E-state index contributed by atoms with van der Waals surface area (Å²) in [6.45, 7) is 3.34. The smallest absolute Gasteiger partial charge is 0.270 e. The SMILES string of the molecule is CSc1nc(-c2ccc(CN3CCOCC3)c(F)c2)c(C#N)c(=O)[nH]1. The number of rotatable bonds is 4. The van der Waals surface area contributed by atoms with E-state index < -0.39 is 5.56 Å². The van der Waals surface area contributed by atoms with Gasteiger partial charge in [0.25, 0.3) is 5.56 Å². The lowest BCUT2D eigenvalue weighted by Crippen LogP contribution is -2.35. The molecule has 0 aliphatic carbocycles. The molecular formula is C17H17FN4O2S. The van der Waals surface area contributed by atoms with Crippen LogP contribution >= 0.6 is 11.8 Å². The van der Waals surface area contributed by atoms with Crippen molar-refractivity contribution in [3.8, 4) is 17.3 Å². The Labute approximate surface area is 148 Å². The second kappa shape index (κ2) is 7.78. The number of nitrogens with one attached hydrogen (secondary N) is 1. The molecule has 1 aromatic heterocycles. The maximum Gasteiger partial charge on any atom is 0.270 e. The molecule has 0 amide bonds. The van der Waals surface area contributed by atoms with Crippen LogP contribution in [0.3, 0.4) is 0 Å². The molecule has 1 saturated heterocycles. The van der Waals surface area contributed by atoms with Crippen molar-refractivity contribution in [1.82, 2.24) is 14.9 Å². The molecule has 1 N–H and O–H groups in total. The first-order valence-corrected chi connectivity index (χ1v) is 9.02. The van der Waals surface area contributed by atoms with E-state index in [2.05, 4.69) is 14.9 Å². The fourth-order valence-electron chi connectivity index (χ4n) is 2.68. The Morgan fingerprint density at radius 2 is 2.20 bits per heavy atom. The van der Waals surface area contributed by atoms with Crippen molar-refractivity contribution < 1.29 is 9.13 Å². The van der Waals surface area contributed by atoms with E-state index in [4.69, 9.17) is 4.74 Å². The van der Waals surface area contributed by atoms with Crippen molar-refractivity contribution in [2.75, 3.05) is 32.6 Å². The second-order valence-electron chi connectivity index (χ2n) is 5.61. The Kier molecular flexibility index (Phi) is 5.48. The normalized spacial score (nSPS) is 15.1. The van der Waals surface area contributed by atoms with Crippen LogP contribution in [0.15, 0.2) is 28.2 Å². The monoisotopic (exact) mass is 360 g/mol. The van der Waals surface area contributed by atoms with Gasteiger partial charge in [0, 0.05) is 30.8 Å². The van der Waals surface area contributed by atoms with E-state index in [1.54, 1.807) is 18.4 Å². The van der Waals surface area contributed by atoms with Crippen molar-refractivity contribution in [2.45, 2.75) is 11.7 Å². The van der Waals surface area contributed by atoms with Gasteiger partial charge in [0.05, 0.1) is 18.9 Å². The maximum absolute atomic E-state index is 14.5. The zero-order chi connectivity index (χ0) is 17.8. The molecule has 0 spiro atoms. The molecule has 25 heavy (non-hydrogen) atoms.